The van der Waals surface area contributed by atoms with E-state index >= 15 is 0 Å². The molecule has 1 aliphatic rings. The number of hydrogen-bond acceptors (Lipinski definition) is 4. The number of hydrogen-bond donors (Lipinski definition) is 1. The maximum atomic E-state index is 13.2. The second-order valence-electron chi connectivity index (χ2n) is 7.61. The Kier molecular flexibility index (Phi) is 6.27. The van der Waals surface area contributed by atoms with E-state index < -0.39 is 23.2 Å². The Morgan fingerprint density at radius 3 is 2.50 bits per heavy atom. The van der Waals surface area contributed by atoms with Gasteiger partial charge in [-0.3, -0.25) is 4.79 Å². The Morgan fingerprint density at radius 1 is 1.31 bits per heavy atom. The first-order valence-electron chi connectivity index (χ1n) is 9.11. The lowest BCUT2D eigenvalue weighted by Gasteiger charge is -2.37. The standard InChI is InChI=1S/C20H29NO4S/c1-6-20(17(22)25-19(3,4)5)12-13-21(18(23)24)16(20)14-10-8-9-11-15(14)26-7-2/h8-11,16H,6-7,12-13H2,1-5H3,(H,23,24). The van der Waals surface area contributed by atoms with Crippen molar-refractivity contribution in [3.63, 3.8) is 0 Å². The van der Waals surface area contributed by atoms with Gasteiger partial charge >= 0.3 is 12.1 Å². The predicted molar refractivity (Wildman–Crippen MR) is 103 cm³/mol. The van der Waals surface area contributed by atoms with Crippen molar-refractivity contribution in [3.8, 4) is 0 Å². The highest BCUT2D eigenvalue weighted by Gasteiger charge is 2.56. The molecule has 0 radical (unpaired) electrons. The Hall–Kier alpha value is -1.69. The Bertz CT molecular complexity index is 670. The third-order valence-corrected chi connectivity index (χ3v) is 5.80. The number of ether oxygens (including phenoxy) is 1. The molecule has 144 valence electrons. The molecule has 0 aromatic heterocycles. The molecule has 0 bridgehead atoms. The lowest BCUT2D eigenvalue weighted by Crippen LogP contribution is -2.43. The molecule has 1 aromatic carbocycles. The SMILES string of the molecule is CCSc1ccccc1C1N(C(=O)O)CCC1(CC)C(=O)OC(C)(C)C. The molecule has 1 aromatic rings. The predicted octanol–water partition coefficient (Wildman–Crippen LogP) is 4.96. The van der Waals surface area contributed by atoms with Crippen molar-refractivity contribution in [1.82, 2.24) is 4.90 Å². The van der Waals surface area contributed by atoms with Gasteiger partial charge in [0.1, 0.15) is 5.60 Å². The summed E-state index contributed by atoms with van der Waals surface area (Å²) in [5.41, 5.74) is -0.583. The summed E-state index contributed by atoms with van der Waals surface area (Å²) in [6, 6.07) is 7.26. The highest BCUT2D eigenvalue weighted by atomic mass is 32.2. The average molecular weight is 380 g/mol. The van der Waals surface area contributed by atoms with Crippen molar-refractivity contribution >= 4 is 23.8 Å². The zero-order valence-corrected chi connectivity index (χ0v) is 17.1. The van der Waals surface area contributed by atoms with Crippen molar-refractivity contribution in [2.75, 3.05) is 12.3 Å². The quantitative estimate of drug-likeness (QED) is 0.578. The monoisotopic (exact) mass is 379 g/mol. The number of benzene rings is 1. The Balaban J connectivity index is 2.57. The lowest BCUT2D eigenvalue weighted by molar-refractivity contribution is -0.169. The molecule has 2 rings (SSSR count). The highest BCUT2D eigenvalue weighted by Crippen LogP contribution is 2.52. The minimum absolute atomic E-state index is 0.308. The third kappa shape index (κ3) is 4.00. The molecule has 2 atom stereocenters. The largest absolute Gasteiger partial charge is 0.465 e. The maximum Gasteiger partial charge on any atom is 0.407 e. The maximum absolute atomic E-state index is 13.2. The van der Waals surface area contributed by atoms with Crippen molar-refractivity contribution in [2.24, 2.45) is 5.41 Å². The number of esters is 1. The Morgan fingerprint density at radius 2 is 1.96 bits per heavy atom. The summed E-state index contributed by atoms with van der Waals surface area (Å²) < 4.78 is 5.73. The van der Waals surface area contributed by atoms with Gasteiger partial charge in [0.2, 0.25) is 0 Å². The Labute approximate surface area is 160 Å². The van der Waals surface area contributed by atoms with Gasteiger partial charge in [-0.05, 0) is 51.0 Å². The van der Waals surface area contributed by atoms with E-state index in [-0.39, 0.29) is 5.97 Å². The van der Waals surface area contributed by atoms with E-state index in [4.69, 9.17) is 4.74 Å². The molecule has 5 nitrogen and oxygen atoms in total. The van der Waals surface area contributed by atoms with Crippen LogP contribution in [0.4, 0.5) is 4.79 Å². The fraction of sp³-hybridized carbons (Fsp3) is 0.600. The van der Waals surface area contributed by atoms with Crippen LogP contribution in [0, 0.1) is 5.41 Å². The van der Waals surface area contributed by atoms with Crippen LogP contribution in [0.1, 0.15) is 59.1 Å². The summed E-state index contributed by atoms with van der Waals surface area (Å²) in [6.45, 7) is 9.86. The molecule has 1 N–H and O–H groups in total. The summed E-state index contributed by atoms with van der Waals surface area (Å²) >= 11 is 1.67. The number of nitrogens with zero attached hydrogens (tertiary/aromatic N) is 1. The van der Waals surface area contributed by atoms with Crippen LogP contribution in [0.25, 0.3) is 0 Å². The number of likely N-dealkylation sites (tertiary alicyclic amines) is 1. The number of carboxylic acid groups (broad SMARTS) is 1. The first-order valence-corrected chi connectivity index (χ1v) is 10.1. The van der Waals surface area contributed by atoms with Gasteiger partial charge in [0.25, 0.3) is 0 Å². The van der Waals surface area contributed by atoms with Crippen LogP contribution >= 0.6 is 11.8 Å². The molecule has 2 unspecified atom stereocenters. The molecular weight excluding hydrogens is 350 g/mol. The summed E-state index contributed by atoms with van der Waals surface area (Å²) in [6.07, 6.45) is 0.00678. The molecule has 1 aliphatic heterocycles. The van der Waals surface area contributed by atoms with E-state index in [2.05, 4.69) is 6.92 Å². The molecule has 26 heavy (non-hydrogen) atoms. The van der Waals surface area contributed by atoms with Crippen molar-refractivity contribution < 1.29 is 19.4 Å². The van der Waals surface area contributed by atoms with E-state index in [1.54, 1.807) is 11.8 Å². The fourth-order valence-corrected chi connectivity index (χ4v) is 4.49. The van der Waals surface area contributed by atoms with Gasteiger partial charge in [-0.25, -0.2) is 4.79 Å². The van der Waals surface area contributed by atoms with Crippen LogP contribution in [0.15, 0.2) is 29.2 Å². The normalized spacial score (nSPS) is 23.1. The van der Waals surface area contributed by atoms with Gasteiger partial charge in [0.05, 0.1) is 11.5 Å². The molecule has 1 fully saturated rings. The molecule has 6 heteroatoms. The highest BCUT2D eigenvalue weighted by molar-refractivity contribution is 7.99. The third-order valence-electron chi connectivity index (χ3n) is 4.83. The first kappa shape index (κ1) is 20.6. The average Bonchev–Trinajstić information content (AvgIpc) is 2.95. The zero-order chi connectivity index (χ0) is 19.5. The van der Waals surface area contributed by atoms with Gasteiger partial charge in [0, 0.05) is 11.4 Å². The molecule has 1 heterocycles. The number of rotatable bonds is 5. The van der Waals surface area contributed by atoms with Gasteiger partial charge < -0.3 is 14.7 Å². The molecule has 1 saturated heterocycles. The van der Waals surface area contributed by atoms with Gasteiger partial charge in [-0.15, -0.1) is 11.8 Å². The smallest absolute Gasteiger partial charge is 0.407 e. The number of thioether (sulfide) groups is 1. The molecule has 0 aliphatic carbocycles. The summed E-state index contributed by atoms with van der Waals surface area (Å²) in [4.78, 5) is 27.5. The fourth-order valence-electron chi connectivity index (χ4n) is 3.66. The summed E-state index contributed by atoms with van der Waals surface area (Å²) in [5.74, 6) is 0.570. The van der Waals surface area contributed by atoms with E-state index in [1.165, 1.54) is 4.90 Å². The van der Waals surface area contributed by atoms with Crippen LogP contribution < -0.4 is 0 Å². The van der Waals surface area contributed by atoms with Crippen LogP contribution in [0.2, 0.25) is 0 Å². The summed E-state index contributed by atoms with van der Waals surface area (Å²) in [7, 11) is 0. The van der Waals surface area contributed by atoms with Crippen molar-refractivity contribution in [2.45, 2.75) is 64.0 Å². The van der Waals surface area contributed by atoms with Crippen molar-refractivity contribution in [1.29, 1.82) is 0 Å². The van der Waals surface area contributed by atoms with E-state index in [1.807, 2.05) is 52.0 Å². The van der Waals surface area contributed by atoms with Crippen LogP contribution in [-0.2, 0) is 9.53 Å². The molecule has 0 saturated carbocycles. The van der Waals surface area contributed by atoms with Crippen LogP contribution in [0.3, 0.4) is 0 Å². The van der Waals surface area contributed by atoms with Crippen LogP contribution in [-0.4, -0.2) is 40.0 Å². The van der Waals surface area contributed by atoms with Gasteiger partial charge in [0.15, 0.2) is 0 Å². The van der Waals surface area contributed by atoms with Crippen molar-refractivity contribution in [3.05, 3.63) is 29.8 Å². The van der Waals surface area contributed by atoms with E-state index in [0.717, 1.165) is 16.2 Å². The molecule has 0 spiro atoms. The summed E-state index contributed by atoms with van der Waals surface area (Å²) in [5, 5.41) is 9.77. The number of carbonyl (C=O) groups excluding carboxylic acids is 1. The topological polar surface area (TPSA) is 66.8 Å². The number of carbonyl (C=O) groups is 2. The zero-order valence-electron chi connectivity index (χ0n) is 16.2. The van der Waals surface area contributed by atoms with E-state index in [0.29, 0.717) is 19.4 Å². The second kappa shape index (κ2) is 7.91. The minimum Gasteiger partial charge on any atom is -0.465 e. The minimum atomic E-state index is -0.995. The number of amides is 1. The second-order valence-corrected chi connectivity index (χ2v) is 8.92. The van der Waals surface area contributed by atoms with Crippen LogP contribution in [0.5, 0.6) is 0 Å². The lowest BCUT2D eigenvalue weighted by atomic mass is 9.74. The van der Waals surface area contributed by atoms with Gasteiger partial charge in [-0.2, -0.15) is 0 Å². The first-order chi connectivity index (χ1) is 12.2. The van der Waals surface area contributed by atoms with E-state index in [9.17, 15) is 14.7 Å². The van der Waals surface area contributed by atoms with Gasteiger partial charge in [-0.1, -0.05) is 32.0 Å². The molecule has 1 amide bonds. The molecular formula is C20H29NO4S.